The van der Waals surface area contributed by atoms with Crippen molar-refractivity contribution < 1.29 is 27.0 Å². The van der Waals surface area contributed by atoms with E-state index < -0.39 is 17.9 Å². The predicted octanol–water partition coefficient (Wildman–Crippen LogP) is 5.41. The van der Waals surface area contributed by atoms with Gasteiger partial charge in [-0.2, -0.15) is 0 Å². The average Bonchev–Trinajstić information content (AvgIpc) is 3.38. The normalized spacial score (nSPS) is 18.2. The summed E-state index contributed by atoms with van der Waals surface area (Å²) in [7, 11) is 0. The lowest BCUT2D eigenvalue weighted by Crippen LogP contribution is -2.19. The first-order valence-corrected chi connectivity index (χ1v) is 8.29. The Morgan fingerprint density at radius 3 is 2.50 bits per heavy atom. The lowest BCUT2D eigenvalue weighted by Gasteiger charge is -2.16. The Labute approximate surface area is 138 Å². The molecule has 6 heteroatoms. The molecule has 0 aromatic heterocycles. The van der Waals surface area contributed by atoms with E-state index in [1.165, 1.54) is 12.1 Å². The van der Waals surface area contributed by atoms with Crippen molar-refractivity contribution in [3.05, 3.63) is 35.7 Å². The first-order chi connectivity index (χ1) is 11.4. The van der Waals surface area contributed by atoms with Gasteiger partial charge in [0.25, 0.3) is 0 Å². The molecule has 132 valence electrons. The van der Waals surface area contributed by atoms with Gasteiger partial charge in [-0.3, -0.25) is 0 Å². The molecular weight excluding hydrogens is 324 g/mol. The van der Waals surface area contributed by atoms with Crippen molar-refractivity contribution in [2.75, 3.05) is 6.61 Å². The highest BCUT2D eigenvalue weighted by molar-refractivity contribution is 5.45. The van der Waals surface area contributed by atoms with Crippen molar-refractivity contribution in [3.63, 3.8) is 0 Å². The van der Waals surface area contributed by atoms with Gasteiger partial charge in [-0.05, 0) is 49.1 Å². The number of rotatable bonds is 8. The minimum absolute atomic E-state index is 0.167. The second-order valence-corrected chi connectivity index (χ2v) is 6.46. The number of ether oxygens (including phenoxy) is 2. The Kier molecular flexibility index (Phi) is 5.01. The Morgan fingerprint density at radius 1 is 1.12 bits per heavy atom. The Balaban J connectivity index is 1.73. The zero-order valence-electron chi connectivity index (χ0n) is 13.2. The van der Waals surface area contributed by atoms with Crippen molar-refractivity contribution in [1.29, 1.82) is 0 Å². The number of hydrogen-bond donors (Lipinski definition) is 0. The monoisotopic (exact) mass is 344 g/mol. The van der Waals surface area contributed by atoms with Crippen LogP contribution in [0.15, 0.2) is 24.3 Å². The van der Waals surface area contributed by atoms with E-state index in [2.05, 4.69) is 4.74 Å². The quantitative estimate of drug-likeness (QED) is 0.464. The highest BCUT2D eigenvalue weighted by Gasteiger charge is 2.35. The smallest absolute Gasteiger partial charge is 0.490 e. The van der Waals surface area contributed by atoms with Gasteiger partial charge in [0.1, 0.15) is 0 Å². The van der Waals surface area contributed by atoms with Crippen LogP contribution in [0.25, 0.3) is 0 Å². The summed E-state index contributed by atoms with van der Waals surface area (Å²) in [5.74, 6) is -0.953. The van der Waals surface area contributed by atoms with Crippen LogP contribution in [0.4, 0.5) is 17.6 Å². The van der Waals surface area contributed by atoms with E-state index in [4.69, 9.17) is 4.74 Å². The maximum absolute atomic E-state index is 14.5. The standard InChI is InChI=1S/C18H20F4O2/c19-16-14(3-1-2-12-4-5-12)8-9-15(17(16)24-18(20,21)22)23-11-10-13-6-7-13/h1-2,8-9,12-13H,3-7,10-11H2/b2-1+. The van der Waals surface area contributed by atoms with E-state index in [1.807, 2.05) is 6.08 Å². The van der Waals surface area contributed by atoms with E-state index >= 15 is 0 Å². The van der Waals surface area contributed by atoms with Crippen molar-refractivity contribution in [2.45, 2.75) is 44.9 Å². The van der Waals surface area contributed by atoms with Crippen LogP contribution in [-0.2, 0) is 6.42 Å². The summed E-state index contributed by atoms with van der Waals surface area (Å²) in [6.45, 7) is 0.263. The largest absolute Gasteiger partial charge is 0.573 e. The van der Waals surface area contributed by atoms with Crippen LogP contribution >= 0.6 is 0 Å². The third kappa shape index (κ3) is 5.14. The molecule has 2 saturated carbocycles. The van der Waals surface area contributed by atoms with Gasteiger partial charge in [-0.1, -0.05) is 31.1 Å². The molecule has 3 rings (SSSR count). The van der Waals surface area contributed by atoms with Gasteiger partial charge in [0.2, 0.25) is 5.75 Å². The zero-order chi connectivity index (χ0) is 17.2. The fourth-order valence-electron chi connectivity index (χ4n) is 2.48. The van der Waals surface area contributed by atoms with Crippen LogP contribution < -0.4 is 9.47 Å². The first-order valence-electron chi connectivity index (χ1n) is 8.29. The summed E-state index contributed by atoms with van der Waals surface area (Å²) in [5, 5.41) is 0. The first kappa shape index (κ1) is 17.1. The Morgan fingerprint density at radius 2 is 1.88 bits per heavy atom. The lowest BCUT2D eigenvalue weighted by atomic mass is 10.1. The van der Waals surface area contributed by atoms with E-state index in [0.717, 1.165) is 32.1 Å². The highest BCUT2D eigenvalue weighted by atomic mass is 19.4. The SMILES string of the molecule is Fc1c(C/C=C/C2CC2)ccc(OCCC2CC2)c1OC(F)(F)F. The summed E-state index contributed by atoms with van der Waals surface area (Å²) in [5.41, 5.74) is 0.167. The lowest BCUT2D eigenvalue weighted by molar-refractivity contribution is -0.276. The van der Waals surface area contributed by atoms with Crippen molar-refractivity contribution in [3.8, 4) is 11.5 Å². The topological polar surface area (TPSA) is 18.5 Å². The molecule has 0 unspecified atom stereocenters. The van der Waals surface area contributed by atoms with Crippen LogP contribution in [0, 0.1) is 17.7 Å². The minimum atomic E-state index is -4.96. The van der Waals surface area contributed by atoms with E-state index in [1.54, 1.807) is 6.08 Å². The van der Waals surface area contributed by atoms with Crippen LogP contribution in [-0.4, -0.2) is 13.0 Å². The number of halogens is 4. The summed E-state index contributed by atoms with van der Waals surface area (Å²) in [6, 6.07) is 2.82. The Hall–Kier alpha value is -1.72. The molecule has 0 aliphatic heterocycles. The van der Waals surface area contributed by atoms with E-state index in [-0.39, 0.29) is 24.3 Å². The van der Waals surface area contributed by atoms with Gasteiger partial charge in [-0.25, -0.2) is 4.39 Å². The molecule has 0 atom stereocenters. The van der Waals surface area contributed by atoms with Gasteiger partial charge in [0.15, 0.2) is 11.6 Å². The predicted molar refractivity (Wildman–Crippen MR) is 81.5 cm³/mol. The van der Waals surface area contributed by atoms with Crippen molar-refractivity contribution in [1.82, 2.24) is 0 Å². The molecule has 0 N–H and O–H groups in total. The molecule has 0 amide bonds. The molecule has 2 aliphatic rings. The molecule has 2 fully saturated rings. The molecule has 0 saturated heterocycles. The summed E-state index contributed by atoms with van der Waals surface area (Å²) >= 11 is 0. The van der Waals surface area contributed by atoms with Crippen LogP contribution in [0.5, 0.6) is 11.5 Å². The second-order valence-electron chi connectivity index (χ2n) is 6.46. The number of benzene rings is 1. The molecule has 0 bridgehead atoms. The number of hydrogen-bond acceptors (Lipinski definition) is 2. The number of alkyl halides is 3. The Bertz CT molecular complexity index is 602. The maximum Gasteiger partial charge on any atom is 0.573 e. The minimum Gasteiger partial charge on any atom is -0.490 e. The fourth-order valence-corrected chi connectivity index (χ4v) is 2.48. The summed E-state index contributed by atoms with van der Waals surface area (Å²) < 4.78 is 61.5. The average molecular weight is 344 g/mol. The molecular formula is C18H20F4O2. The molecule has 0 heterocycles. The molecule has 1 aromatic carbocycles. The number of allylic oxidation sites excluding steroid dienone is 2. The third-order valence-electron chi connectivity index (χ3n) is 4.21. The molecule has 1 aromatic rings. The van der Waals surface area contributed by atoms with Crippen molar-refractivity contribution in [2.24, 2.45) is 11.8 Å². The summed E-state index contributed by atoms with van der Waals surface area (Å²) in [6.07, 6.45) is 4.29. The molecule has 0 radical (unpaired) electrons. The fraction of sp³-hybridized carbons (Fsp3) is 0.556. The molecule has 2 nitrogen and oxygen atoms in total. The highest BCUT2D eigenvalue weighted by Crippen LogP contribution is 2.38. The van der Waals surface area contributed by atoms with E-state index in [9.17, 15) is 17.6 Å². The van der Waals surface area contributed by atoms with Crippen LogP contribution in [0.3, 0.4) is 0 Å². The van der Waals surface area contributed by atoms with Gasteiger partial charge < -0.3 is 9.47 Å². The van der Waals surface area contributed by atoms with Crippen LogP contribution in [0.1, 0.15) is 37.7 Å². The summed E-state index contributed by atoms with van der Waals surface area (Å²) in [4.78, 5) is 0. The van der Waals surface area contributed by atoms with Gasteiger partial charge in [-0.15, -0.1) is 13.2 Å². The van der Waals surface area contributed by atoms with Crippen molar-refractivity contribution >= 4 is 0 Å². The third-order valence-corrected chi connectivity index (χ3v) is 4.21. The van der Waals surface area contributed by atoms with E-state index in [0.29, 0.717) is 11.8 Å². The zero-order valence-corrected chi connectivity index (χ0v) is 13.2. The van der Waals surface area contributed by atoms with Gasteiger partial charge in [0, 0.05) is 0 Å². The molecule has 0 spiro atoms. The molecule has 24 heavy (non-hydrogen) atoms. The van der Waals surface area contributed by atoms with Gasteiger partial charge in [0.05, 0.1) is 6.61 Å². The molecule has 2 aliphatic carbocycles. The maximum atomic E-state index is 14.5. The van der Waals surface area contributed by atoms with Gasteiger partial charge >= 0.3 is 6.36 Å². The second kappa shape index (κ2) is 7.03. The van der Waals surface area contributed by atoms with Crippen LogP contribution in [0.2, 0.25) is 0 Å².